The van der Waals surface area contributed by atoms with Gasteiger partial charge in [-0.2, -0.15) is 11.3 Å². The maximum absolute atomic E-state index is 4.83. The lowest BCUT2D eigenvalue weighted by Crippen LogP contribution is -1.75. The molecule has 0 amide bonds. The highest BCUT2D eigenvalue weighted by atomic mass is 32.1. The quantitative estimate of drug-likeness (QED) is 0.146. The van der Waals surface area contributed by atoms with Gasteiger partial charge in [0.15, 0.2) is 18.7 Å². The molecule has 12 rings (SSSR count). The van der Waals surface area contributed by atoms with Crippen molar-refractivity contribution in [3.8, 4) is 0 Å². The van der Waals surface area contributed by atoms with Crippen LogP contribution in [0.3, 0.4) is 0 Å². The second kappa shape index (κ2) is 112. The Balaban J connectivity index is -0.0000000779. The smallest absolute Gasteiger partial charge is 0.190 e. The summed E-state index contributed by atoms with van der Waals surface area (Å²) in [5.41, 5.74) is 7.73. The summed E-state index contributed by atoms with van der Waals surface area (Å²) in [7, 11) is 2.00. The van der Waals surface area contributed by atoms with Crippen LogP contribution in [0, 0.1) is 55.4 Å². The van der Waals surface area contributed by atoms with Gasteiger partial charge in [0.1, 0.15) is 24.0 Å². The standard InChI is InChI=1S/3C6H8.C5H7N.2C5H6O.2C5H6S.3C4H5NO.C4H5NS.12C2H6/c4*1-6-4-2-3-5-6;1-5-2-3-6-4-5;1-5-3-2-4-6-5;1-5-2-3-6-4-5;1-5-3-2-4-6-5;1-4-2-6-3-5-4;1-4-2-5-3-6-4;2*1-4-5-2-3-6-4;12*1-2/h2*2,4-5H,3H2,1H3;2-4H,5H2,1H3;2-5H,1H3;4*2-4H,1H3;4*2-3H,1H3;12*1-2H3. The number of thiazole rings is 1. The van der Waals surface area contributed by atoms with Gasteiger partial charge in [0, 0.05) is 42.8 Å². The van der Waals surface area contributed by atoms with Gasteiger partial charge in [0.2, 0.25) is 0 Å². The zero-order chi connectivity index (χ0) is 76.9. The van der Waals surface area contributed by atoms with Crippen molar-refractivity contribution in [2.45, 2.75) is 262 Å². The van der Waals surface area contributed by atoms with E-state index >= 15 is 0 Å². The molecule has 3 aliphatic carbocycles. The molecule has 0 aromatic carbocycles. The molecule has 0 spiro atoms. The molecule has 0 saturated carbocycles. The number of rotatable bonds is 0. The fraction of sp³-hybridized carbons (Fsp3) is 0.470. The summed E-state index contributed by atoms with van der Waals surface area (Å²) in [6.07, 6.45) is 43.0. The summed E-state index contributed by atoms with van der Waals surface area (Å²) < 4.78 is 25.6. The largest absolute Gasteiger partial charge is 0.472 e. The molecule has 0 atom stereocenters. The number of aryl methyl sites for hydroxylation is 9. The Hall–Kier alpha value is -7.06. The zero-order valence-electron chi connectivity index (χ0n) is 68.2. The lowest BCUT2D eigenvalue weighted by atomic mass is 10.3. The summed E-state index contributed by atoms with van der Waals surface area (Å²) in [6.45, 7) is 70.0. The maximum atomic E-state index is 4.83. The second-order valence-corrected chi connectivity index (χ2v) is 18.6. The number of nitrogens with zero attached hydrogens (tertiary/aromatic N) is 5. The first-order valence-corrected chi connectivity index (χ1v) is 37.9. The number of furan rings is 2. The van der Waals surface area contributed by atoms with Gasteiger partial charge < -0.3 is 26.7 Å². The van der Waals surface area contributed by atoms with Gasteiger partial charge in [-0.3, -0.25) is 4.98 Å². The number of oxazole rings is 3. The van der Waals surface area contributed by atoms with Crippen molar-refractivity contribution in [2.24, 2.45) is 7.05 Å². The minimum atomic E-state index is 0.718. The van der Waals surface area contributed by atoms with Crippen LogP contribution in [0.1, 0.15) is 250 Å². The van der Waals surface area contributed by atoms with E-state index < -0.39 is 0 Å². The Labute approximate surface area is 606 Å². The maximum Gasteiger partial charge on any atom is 0.190 e. The number of aromatic nitrogens is 5. The van der Waals surface area contributed by atoms with Crippen LogP contribution in [0.25, 0.3) is 0 Å². The molecule has 0 fully saturated rings. The van der Waals surface area contributed by atoms with Crippen molar-refractivity contribution in [3.05, 3.63) is 261 Å². The fourth-order valence-corrected chi connectivity index (χ4v) is 6.29. The second-order valence-electron chi connectivity index (χ2n) is 15.6. The molecule has 96 heavy (non-hydrogen) atoms. The number of hydrogen-bond donors (Lipinski definition) is 0. The molecule has 0 bridgehead atoms. The van der Waals surface area contributed by atoms with Gasteiger partial charge in [0.25, 0.3) is 0 Å². The molecule has 0 N–H and O–H groups in total. The third kappa shape index (κ3) is 108. The van der Waals surface area contributed by atoms with Gasteiger partial charge in [-0.05, 0) is 158 Å². The van der Waals surface area contributed by atoms with Gasteiger partial charge in [-0.25, -0.2) is 15.0 Å². The Bertz CT molecular complexity index is 2140. The van der Waals surface area contributed by atoms with Gasteiger partial charge in [0.05, 0.1) is 41.9 Å². The molecule has 552 valence electrons. The summed E-state index contributed by atoms with van der Waals surface area (Å²) in [6, 6.07) is 16.0. The minimum absolute atomic E-state index is 0.718. The van der Waals surface area contributed by atoms with E-state index in [2.05, 4.69) is 148 Å². The highest BCUT2D eigenvalue weighted by Gasteiger charge is 1.87. The average molecular weight is 1390 g/mol. The van der Waals surface area contributed by atoms with Crippen LogP contribution in [0.5, 0.6) is 0 Å². The lowest BCUT2D eigenvalue weighted by molar-refractivity contribution is 0.521. The van der Waals surface area contributed by atoms with E-state index in [4.69, 9.17) is 17.7 Å². The van der Waals surface area contributed by atoms with Crippen molar-refractivity contribution in [3.63, 3.8) is 0 Å². The van der Waals surface area contributed by atoms with Crippen LogP contribution in [-0.4, -0.2) is 24.5 Å². The molecule has 3 aliphatic rings. The first-order chi connectivity index (χ1) is 46.7. The normalized spacial score (nSPS) is 9.19. The molecule has 0 radical (unpaired) electrons. The highest BCUT2D eigenvalue weighted by Crippen LogP contribution is 2.08. The van der Waals surface area contributed by atoms with Crippen LogP contribution in [-0.2, 0) is 7.05 Å². The molecule has 10 nitrogen and oxygen atoms in total. The number of hydrogen-bond acceptors (Lipinski definition) is 12. The molecular formula is C83H147N5O5S3. The summed E-state index contributed by atoms with van der Waals surface area (Å²) in [5.74, 6) is 2.54. The van der Waals surface area contributed by atoms with E-state index in [0.29, 0.717) is 0 Å². The molecule has 0 saturated heterocycles. The van der Waals surface area contributed by atoms with Crippen molar-refractivity contribution in [1.82, 2.24) is 24.5 Å². The first kappa shape index (κ1) is 116. The highest BCUT2D eigenvalue weighted by molar-refractivity contribution is 7.10. The van der Waals surface area contributed by atoms with Crippen LogP contribution in [0.15, 0.2) is 239 Å². The van der Waals surface area contributed by atoms with Crippen molar-refractivity contribution in [2.75, 3.05) is 0 Å². The predicted molar refractivity (Wildman–Crippen MR) is 440 cm³/mol. The van der Waals surface area contributed by atoms with Gasteiger partial charge in [-0.1, -0.05) is 244 Å². The van der Waals surface area contributed by atoms with Crippen molar-refractivity contribution >= 4 is 34.0 Å². The molecule has 9 heterocycles. The Morgan fingerprint density at radius 3 is 1.11 bits per heavy atom. The SMILES string of the molecule is CC.CC.CC.CC.CC.CC.CC.CC.CC.CC.CC.CC.CC1=CC=CC1.CC1=CCC=C1.CC1=CCC=C1.Cc1ccco1.Cc1cccs1.Cc1ccoc1.Cc1ccsc1.Cc1cnco1.Cc1cocn1.Cc1ncco1.Cc1nccs1.Cn1cccc1. The third-order valence-corrected chi connectivity index (χ3v) is 10.8. The topological polar surface area (TPSA) is 122 Å². The predicted octanol–water partition coefficient (Wildman–Crippen LogP) is 30.7. The van der Waals surface area contributed by atoms with E-state index in [1.54, 1.807) is 90.8 Å². The van der Waals surface area contributed by atoms with E-state index in [9.17, 15) is 0 Å². The number of allylic oxidation sites excluding steroid dienone is 12. The Morgan fingerprint density at radius 1 is 0.448 bits per heavy atom. The Kier molecular flexibility index (Phi) is 136. The average Bonchev–Trinajstić information content (AvgIpc) is 4.46. The van der Waals surface area contributed by atoms with E-state index in [0.717, 1.165) is 41.0 Å². The van der Waals surface area contributed by atoms with Gasteiger partial charge in [-0.15, -0.1) is 22.7 Å². The lowest BCUT2D eigenvalue weighted by Gasteiger charge is -1.79. The van der Waals surface area contributed by atoms with Crippen LogP contribution in [0.4, 0.5) is 0 Å². The summed E-state index contributed by atoms with van der Waals surface area (Å²) in [5, 5.41) is 9.38. The monoisotopic (exact) mass is 1390 g/mol. The molecule has 13 heteroatoms. The minimum Gasteiger partial charge on any atom is -0.472 e. The van der Waals surface area contributed by atoms with Crippen molar-refractivity contribution < 1.29 is 22.1 Å². The van der Waals surface area contributed by atoms with Gasteiger partial charge >= 0.3 is 0 Å². The molecule has 9 aromatic heterocycles. The fourth-order valence-electron chi connectivity index (χ4n) is 4.65. The Morgan fingerprint density at radius 2 is 1.00 bits per heavy atom. The summed E-state index contributed by atoms with van der Waals surface area (Å²) >= 11 is 5.18. The number of thiophene rings is 2. The molecular weight excluding hydrogens is 1240 g/mol. The molecule has 0 unspecified atom stereocenters. The van der Waals surface area contributed by atoms with Crippen LogP contribution in [0.2, 0.25) is 0 Å². The summed E-state index contributed by atoms with van der Waals surface area (Å²) in [4.78, 5) is 16.5. The first-order valence-electron chi connectivity index (χ1n) is 35.2. The molecule has 0 aliphatic heterocycles. The van der Waals surface area contributed by atoms with E-state index in [1.165, 1.54) is 51.9 Å². The van der Waals surface area contributed by atoms with E-state index in [-0.39, 0.29) is 0 Å². The van der Waals surface area contributed by atoms with E-state index in [1.807, 2.05) is 261 Å². The van der Waals surface area contributed by atoms with Crippen LogP contribution < -0.4 is 0 Å². The zero-order valence-corrected chi connectivity index (χ0v) is 70.6. The molecule has 9 aromatic rings. The van der Waals surface area contributed by atoms with Crippen LogP contribution >= 0.6 is 34.0 Å². The third-order valence-electron chi connectivity index (χ3n) is 8.50. The van der Waals surface area contributed by atoms with Crippen molar-refractivity contribution in [1.29, 1.82) is 0 Å².